The number of nitrogens with one attached hydrogen (secondary N) is 1. The normalized spacial score (nSPS) is 17.6. The molecule has 0 unspecified atom stereocenters. The Morgan fingerprint density at radius 3 is 2.75 bits per heavy atom. The molecule has 4 heteroatoms. The van der Waals surface area contributed by atoms with Crippen molar-refractivity contribution in [2.75, 3.05) is 32.7 Å². The SMILES string of the molecule is Oc1cc(Cl)ccc1CCN1CCNCC1. The first-order chi connectivity index (χ1) is 7.75. The molecule has 0 spiro atoms. The fourth-order valence-electron chi connectivity index (χ4n) is 1.96. The summed E-state index contributed by atoms with van der Waals surface area (Å²) >= 11 is 5.79. The summed E-state index contributed by atoms with van der Waals surface area (Å²) in [4.78, 5) is 2.41. The highest BCUT2D eigenvalue weighted by molar-refractivity contribution is 6.30. The van der Waals surface area contributed by atoms with E-state index in [1.165, 1.54) is 0 Å². The summed E-state index contributed by atoms with van der Waals surface area (Å²) in [5.41, 5.74) is 0.975. The Hall–Kier alpha value is -0.770. The van der Waals surface area contributed by atoms with Gasteiger partial charge >= 0.3 is 0 Å². The molecule has 88 valence electrons. The van der Waals surface area contributed by atoms with Gasteiger partial charge in [0.1, 0.15) is 5.75 Å². The molecule has 3 nitrogen and oxygen atoms in total. The Bertz CT molecular complexity index is 351. The van der Waals surface area contributed by atoms with Gasteiger partial charge in [0.15, 0.2) is 0 Å². The number of nitrogens with zero attached hydrogens (tertiary/aromatic N) is 1. The Balaban J connectivity index is 1.88. The minimum absolute atomic E-state index is 0.308. The lowest BCUT2D eigenvalue weighted by Crippen LogP contribution is -2.44. The lowest BCUT2D eigenvalue weighted by molar-refractivity contribution is 0.243. The van der Waals surface area contributed by atoms with E-state index in [9.17, 15) is 5.11 Å². The molecular formula is C12H17ClN2O. The van der Waals surface area contributed by atoms with Gasteiger partial charge in [-0.05, 0) is 24.1 Å². The maximum absolute atomic E-state index is 9.71. The van der Waals surface area contributed by atoms with Crippen molar-refractivity contribution in [1.82, 2.24) is 10.2 Å². The standard InChI is InChI=1S/C12H17ClN2O/c13-11-2-1-10(12(16)9-11)3-6-15-7-4-14-5-8-15/h1-2,9,14,16H,3-8H2. The number of phenols is 1. The quantitative estimate of drug-likeness (QED) is 0.841. The Morgan fingerprint density at radius 1 is 1.31 bits per heavy atom. The van der Waals surface area contributed by atoms with E-state index in [4.69, 9.17) is 11.6 Å². The van der Waals surface area contributed by atoms with Crippen molar-refractivity contribution in [2.45, 2.75) is 6.42 Å². The molecule has 0 aliphatic carbocycles. The van der Waals surface area contributed by atoms with Gasteiger partial charge in [-0.1, -0.05) is 17.7 Å². The summed E-state index contributed by atoms with van der Waals surface area (Å²) < 4.78 is 0. The van der Waals surface area contributed by atoms with Crippen LogP contribution in [0.5, 0.6) is 5.75 Å². The van der Waals surface area contributed by atoms with Crippen LogP contribution < -0.4 is 5.32 Å². The summed E-state index contributed by atoms with van der Waals surface area (Å²) in [5.74, 6) is 0.308. The van der Waals surface area contributed by atoms with Gasteiger partial charge < -0.3 is 15.3 Å². The van der Waals surface area contributed by atoms with Gasteiger partial charge in [0.25, 0.3) is 0 Å². The lowest BCUT2D eigenvalue weighted by Gasteiger charge is -2.27. The van der Waals surface area contributed by atoms with Crippen LogP contribution in [0.3, 0.4) is 0 Å². The fourth-order valence-corrected chi connectivity index (χ4v) is 2.13. The van der Waals surface area contributed by atoms with E-state index in [1.807, 2.05) is 12.1 Å². The smallest absolute Gasteiger partial charge is 0.120 e. The maximum atomic E-state index is 9.71. The molecule has 0 radical (unpaired) electrons. The zero-order valence-corrected chi connectivity index (χ0v) is 10.0. The number of hydrogen-bond donors (Lipinski definition) is 2. The molecule has 0 aromatic heterocycles. The van der Waals surface area contributed by atoms with Crippen LogP contribution in [-0.4, -0.2) is 42.7 Å². The van der Waals surface area contributed by atoms with Crippen molar-refractivity contribution < 1.29 is 5.11 Å². The van der Waals surface area contributed by atoms with Gasteiger partial charge in [0, 0.05) is 37.7 Å². The van der Waals surface area contributed by atoms with Gasteiger partial charge in [-0.3, -0.25) is 0 Å². The Morgan fingerprint density at radius 2 is 2.06 bits per heavy atom. The summed E-state index contributed by atoms with van der Waals surface area (Å²) in [6, 6.07) is 5.34. The van der Waals surface area contributed by atoms with Gasteiger partial charge in [-0.2, -0.15) is 0 Å². The highest BCUT2D eigenvalue weighted by Gasteiger charge is 2.10. The average Bonchev–Trinajstić information content (AvgIpc) is 2.29. The molecule has 2 rings (SSSR count). The molecule has 1 saturated heterocycles. The van der Waals surface area contributed by atoms with Crippen molar-refractivity contribution in [3.8, 4) is 5.75 Å². The van der Waals surface area contributed by atoms with Crippen LogP contribution in [0.25, 0.3) is 0 Å². The van der Waals surface area contributed by atoms with E-state index in [0.717, 1.165) is 44.7 Å². The highest BCUT2D eigenvalue weighted by atomic mass is 35.5. The van der Waals surface area contributed by atoms with Crippen LogP contribution in [0.2, 0.25) is 5.02 Å². The zero-order chi connectivity index (χ0) is 11.4. The molecule has 0 bridgehead atoms. The highest BCUT2D eigenvalue weighted by Crippen LogP contribution is 2.22. The summed E-state index contributed by atoms with van der Waals surface area (Å²) in [6.07, 6.45) is 0.878. The third-order valence-electron chi connectivity index (χ3n) is 2.95. The number of aromatic hydroxyl groups is 1. The van der Waals surface area contributed by atoms with Crippen molar-refractivity contribution >= 4 is 11.6 Å². The van der Waals surface area contributed by atoms with Gasteiger partial charge in [0.2, 0.25) is 0 Å². The summed E-state index contributed by atoms with van der Waals surface area (Å²) in [5, 5.41) is 13.6. The minimum atomic E-state index is 0.308. The number of phenolic OH excluding ortho intramolecular Hbond substituents is 1. The van der Waals surface area contributed by atoms with Crippen LogP contribution in [-0.2, 0) is 6.42 Å². The second-order valence-electron chi connectivity index (χ2n) is 4.11. The average molecular weight is 241 g/mol. The van der Waals surface area contributed by atoms with Crippen molar-refractivity contribution in [1.29, 1.82) is 0 Å². The second kappa shape index (κ2) is 5.53. The molecule has 1 aromatic carbocycles. The molecule has 0 amide bonds. The Labute approximate surface area is 101 Å². The number of hydrogen-bond acceptors (Lipinski definition) is 3. The first-order valence-electron chi connectivity index (χ1n) is 5.66. The molecule has 1 heterocycles. The first-order valence-corrected chi connectivity index (χ1v) is 6.04. The van der Waals surface area contributed by atoms with E-state index >= 15 is 0 Å². The van der Waals surface area contributed by atoms with E-state index in [-0.39, 0.29) is 0 Å². The van der Waals surface area contributed by atoms with Crippen molar-refractivity contribution in [2.24, 2.45) is 0 Å². The topological polar surface area (TPSA) is 35.5 Å². The number of halogens is 1. The number of rotatable bonds is 3. The summed E-state index contributed by atoms with van der Waals surface area (Å²) in [6.45, 7) is 5.30. The number of benzene rings is 1. The molecule has 1 aliphatic heterocycles. The van der Waals surface area contributed by atoms with E-state index in [1.54, 1.807) is 6.07 Å². The van der Waals surface area contributed by atoms with Crippen LogP contribution >= 0.6 is 11.6 Å². The van der Waals surface area contributed by atoms with Crippen molar-refractivity contribution in [3.63, 3.8) is 0 Å². The zero-order valence-electron chi connectivity index (χ0n) is 9.25. The third kappa shape index (κ3) is 3.11. The molecule has 2 N–H and O–H groups in total. The predicted molar refractivity (Wildman–Crippen MR) is 66.1 cm³/mol. The van der Waals surface area contributed by atoms with E-state index < -0.39 is 0 Å². The summed E-state index contributed by atoms with van der Waals surface area (Å²) in [7, 11) is 0. The first kappa shape index (κ1) is 11.7. The third-order valence-corrected chi connectivity index (χ3v) is 3.19. The second-order valence-corrected chi connectivity index (χ2v) is 4.55. The molecule has 1 fully saturated rings. The van der Waals surface area contributed by atoms with Gasteiger partial charge in [0.05, 0.1) is 0 Å². The molecule has 1 aromatic rings. The largest absolute Gasteiger partial charge is 0.508 e. The molecule has 0 atom stereocenters. The molecular weight excluding hydrogens is 224 g/mol. The molecule has 0 saturated carbocycles. The van der Waals surface area contributed by atoms with E-state index in [2.05, 4.69) is 10.2 Å². The lowest BCUT2D eigenvalue weighted by atomic mass is 10.1. The maximum Gasteiger partial charge on any atom is 0.120 e. The van der Waals surface area contributed by atoms with Gasteiger partial charge in [-0.15, -0.1) is 0 Å². The minimum Gasteiger partial charge on any atom is -0.508 e. The molecule has 1 aliphatic rings. The van der Waals surface area contributed by atoms with Gasteiger partial charge in [-0.25, -0.2) is 0 Å². The van der Waals surface area contributed by atoms with Crippen LogP contribution in [0.1, 0.15) is 5.56 Å². The van der Waals surface area contributed by atoms with Crippen molar-refractivity contribution in [3.05, 3.63) is 28.8 Å². The van der Waals surface area contributed by atoms with Crippen LogP contribution in [0.4, 0.5) is 0 Å². The van der Waals surface area contributed by atoms with Crippen LogP contribution in [0.15, 0.2) is 18.2 Å². The Kier molecular flexibility index (Phi) is 4.04. The fraction of sp³-hybridized carbons (Fsp3) is 0.500. The predicted octanol–water partition coefficient (Wildman–Crippen LogP) is 1.49. The monoisotopic (exact) mass is 240 g/mol. The number of piperazine rings is 1. The van der Waals surface area contributed by atoms with E-state index in [0.29, 0.717) is 10.8 Å². The van der Waals surface area contributed by atoms with Crippen LogP contribution in [0, 0.1) is 0 Å². The molecule has 16 heavy (non-hydrogen) atoms.